The molecule has 1 aliphatic heterocycles. The van der Waals surface area contributed by atoms with E-state index >= 15 is 0 Å². The number of carbonyl (C=O) groups is 1. The lowest BCUT2D eigenvalue weighted by atomic mass is 9.74. The zero-order valence-electron chi connectivity index (χ0n) is 13.3. The van der Waals surface area contributed by atoms with Gasteiger partial charge in [0.05, 0.1) is 6.04 Å². The second kappa shape index (κ2) is 5.45. The van der Waals surface area contributed by atoms with Crippen LogP contribution in [-0.2, 0) is 4.79 Å². The Kier molecular flexibility index (Phi) is 3.78. The molecular formula is C18H26N2O. The maximum Gasteiger partial charge on any atom is 0.241 e. The number of amides is 1. The molecule has 0 spiro atoms. The molecular weight excluding hydrogens is 260 g/mol. The molecule has 0 bridgehead atoms. The number of hydrogen-bond acceptors (Lipinski definition) is 2. The number of carbonyl (C=O) groups excluding carboxylic acids is 1. The summed E-state index contributed by atoms with van der Waals surface area (Å²) in [5.41, 5.74) is 1.54. The summed E-state index contributed by atoms with van der Waals surface area (Å²) in [5.74, 6) is 0.256. The molecule has 1 amide bonds. The molecule has 3 atom stereocenters. The molecule has 3 rings (SSSR count). The normalized spacial score (nSPS) is 32.4. The Bertz CT molecular complexity index is 511. The largest absolute Gasteiger partial charge is 0.319 e. The van der Waals surface area contributed by atoms with Gasteiger partial charge in [-0.15, -0.1) is 0 Å². The van der Waals surface area contributed by atoms with Crippen LogP contribution in [0.15, 0.2) is 30.3 Å². The van der Waals surface area contributed by atoms with Crippen LogP contribution in [0.2, 0.25) is 0 Å². The average Bonchev–Trinajstić information content (AvgIpc) is 2.75. The molecule has 3 unspecified atom stereocenters. The van der Waals surface area contributed by atoms with Gasteiger partial charge in [0.1, 0.15) is 6.17 Å². The first-order chi connectivity index (χ1) is 9.98. The number of benzene rings is 1. The lowest BCUT2D eigenvalue weighted by Gasteiger charge is -2.41. The molecule has 1 N–H and O–H groups in total. The van der Waals surface area contributed by atoms with Gasteiger partial charge in [-0.25, -0.2) is 0 Å². The van der Waals surface area contributed by atoms with Gasteiger partial charge in [0.2, 0.25) is 5.91 Å². The summed E-state index contributed by atoms with van der Waals surface area (Å²) < 4.78 is 0. The Balaban J connectivity index is 1.88. The van der Waals surface area contributed by atoms with Crippen LogP contribution in [0.25, 0.3) is 0 Å². The first kappa shape index (κ1) is 14.6. The summed E-state index contributed by atoms with van der Waals surface area (Å²) in [4.78, 5) is 14.8. The highest BCUT2D eigenvalue weighted by atomic mass is 16.2. The van der Waals surface area contributed by atoms with Gasteiger partial charge in [0.25, 0.3) is 0 Å². The first-order valence-corrected chi connectivity index (χ1v) is 8.11. The van der Waals surface area contributed by atoms with E-state index in [0.29, 0.717) is 11.5 Å². The summed E-state index contributed by atoms with van der Waals surface area (Å²) in [6.45, 7) is 6.63. The van der Waals surface area contributed by atoms with Crippen LogP contribution in [0, 0.1) is 5.41 Å². The Labute approximate surface area is 127 Å². The number of nitrogens with zero attached hydrogens (tertiary/aromatic N) is 1. The second-order valence-electron chi connectivity index (χ2n) is 7.36. The standard InChI is InChI=1S/C18H26N2O/c1-13-17(21)20(15-10-7-11-18(2,3)12-15)16(19-13)14-8-5-4-6-9-14/h4-6,8-9,13,15-16,19H,7,10-12H2,1-3H3. The van der Waals surface area contributed by atoms with Crippen LogP contribution in [0.4, 0.5) is 0 Å². The highest BCUT2D eigenvalue weighted by molar-refractivity contribution is 5.84. The minimum Gasteiger partial charge on any atom is -0.319 e. The maximum atomic E-state index is 12.7. The van der Waals surface area contributed by atoms with E-state index in [0.717, 1.165) is 12.8 Å². The molecule has 2 aliphatic rings. The van der Waals surface area contributed by atoms with Gasteiger partial charge < -0.3 is 4.90 Å². The predicted octanol–water partition coefficient (Wildman–Crippen LogP) is 3.47. The van der Waals surface area contributed by atoms with E-state index in [-0.39, 0.29) is 18.1 Å². The third kappa shape index (κ3) is 2.84. The van der Waals surface area contributed by atoms with E-state index < -0.39 is 0 Å². The van der Waals surface area contributed by atoms with Crippen molar-refractivity contribution >= 4 is 5.91 Å². The zero-order chi connectivity index (χ0) is 15.0. The maximum absolute atomic E-state index is 12.7. The van der Waals surface area contributed by atoms with E-state index in [1.165, 1.54) is 18.4 Å². The molecule has 3 heteroatoms. The highest BCUT2D eigenvalue weighted by Gasteiger charge is 2.43. The van der Waals surface area contributed by atoms with Crippen LogP contribution in [0.3, 0.4) is 0 Å². The van der Waals surface area contributed by atoms with Gasteiger partial charge in [0.15, 0.2) is 0 Å². The predicted molar refractivity (Wildman–Crippen MR) is 84.7 cm³/mol. The minimum absolute atomic E-state index is 0.0348. The Morgan fingerprint density at radius 2 is 1.95 bits per heavy atom. The van der Waals surface area contributed by atoms with Crippen LogP contribution < -0.4 is 5.32 Å². The molecule has 21 heavy (non-hydrogen) atoms. The first-order valence-electron chi connectivity index (χ1n) is 8.11. The van der Waals surface area contributed by atoms with Crippen molar-refractivity contribution in [3.8, 4) is 0 Å². The van der Waals surface area contributed by atoms with E-state index in [4.69, 9.17) is 0 Å². The molecule has 114 valence electrons. The highest BCUT2D eigenvalue weighted by Crippen LogP contribution is 2.40. The topological polar surface area (TPSA) is 32.3 Å². The quantitative estimate of drug-likeness (QED) is 0.903. The molecule has 1 aromatic rings. The lowest BCUT2D eigenvalue weighted by Crippen LogP contribution is -2.44. The Morgan fingerprint density at radius 3 is 2.62 bits per heavy atom. The molecule has 0 aromatic heterocycles. The summed E-state index contributed by atoms with van der Waals surface area (Å²) in [6, 6.07) is 10.6. The Morgan fingerprint density at radius 1 is 1.24 bits per heavy atom. The average molecular weight is 286 g/mol. The van der Waals surface area contributed by atoms with Crippen LogP contribution in [0.1, 0.15) is 58.2 Å². The van der Waals surface area contributed by atoms with Crippen molar-refractivity contribution in [1.82, 2.24) is 10.2 Å². The van der Waals surface area contributed by atoms with Crippen molar-refractivity contribution in [3.05, 3.63) is 35.9 Å². The van der Waals surface area contributed by atoms with E-state index in [1.807, 2.05) is 25.1 Å². The third-order valence-electron chi connectivity index (χ3n) is 5.00. The molecule has 0 radical (unpaired) electrons. The van der Waals surface area contributed by atoms with Crippen molar-refractivity contribution in [3.63, 3.8) is 0 Å². The number of hydrogen-bond donors (Lipinski definition) is 1. The van der Waals surface area contributed by atoms with E-state index in [9.17, 15) is 4.79 Å². The van der Waals surface area contributed by atoms with E-state index in [1.54, 1.807) is 0 Å². The summed E-state index contributed by atoms with van der Waals surface area (Å²) in [6.07, 6.45) is 4.76. The van der Waals surface area contributed by atoms with E-state index in [2.05, 4.69) is 36.2 Å². The molecule has 1 saturated carbocycles. The number of rotatable bonds is 2. The van der Waals surface area contributed by atoms with Gasteiger partial charge in [-0.3, -0.25) is 10.1 Å². The lowest BCUT2D eigenvalue weighted by molar-refractivity contribution is -0.133. The summed E-state index contributed by atoms with van der Waals surface area (Å²) in [5, 5.41) is 3.47. The van der Waals surface area contributed by atoms with Gasteiger partial charge in [0, 0.05) is 6.04 Å². The molecule has 2 fully saturated rings. The smallest absolute Gasteiger partial charge is 0.241 e. The Hall–Kier alpha value is -1.35. The number of nitrogens with one attached hydrogen (secondary N) is 1. The van der Waals surface area contributed by atoms with Crippen LogP contribution in [-0.4, -0.2) is 22.9 Å². The van der Waals surface area contributed by atoms with Gasteiger partial charge >= 0.3 is 0 Å². The monoisotopic (exact) mass is 286 g/mol. The van der Waals surface area contributed by atoms with Crippen LogP contribution in [0.5, 0.6) is 0 Å². The van der Waals surface area contributed by atoms with Crippen molar-refractivity contribution in [1.29, 1.82) is 0 Å². The summed E-state index contributed by atoms with van der Waals surface area (Å²) >= 11 is 0. The zero-order valence-corrected chi connectivity index (χ0v) is 13.3. The van der Waals surface area contributed by atoms with Gasteiger partial charge in [-0.2, -0.15) is 0 Å². The summed E-state index contributed by atoms with van der Waals surface area (Å²) in [7, 11) is 0. The van der Waals surface area contributed by atoms with Gasteiger partial charge in [-0.1, -0.05) is 50.6 Å². The SMILES string of the molecule is CC1NC(c2ccccc2)N(C2CCCC(C)(C)C2)C1=O. The van der Waals surface area contributed by atoms with Gasteiger partial charge in [-0.05, 0) is 37.2 Å². The fourth-order valence-electron chi connectivity index (χ4n) is 3.92. The molecule has 3 nitrogen and oxygen atoms in total. The molecule has 1 aliphatic carbocycles. The van der Waals surface area contributed by atoms with Crippen LogP contribution >= 0.6 is 0 Å². The molecule has 1 saturated heterocycles. The molecule has 1 aromatic carbocycles. The fourth-order valence-corrected chi connectivity index (χ4v) is 3.92. The fraction of sp³-hybridized carbons (Fsp3) is 0.611. The second-order valence-corrected chi connectivity index (χ2v) is 7.36. The van der Waals surface area contributed by atoms with Crippen molar-refractivity contribution in [2.45, 2.75) is 64.7 Å². The minimum atomic E-state index is -0.0831. The van der Waals surface area contributed by atoms with Crippen molar-refractivity contribution < 1.29 is 4.79 Å². The third-order valence-corrected chi connectivity index (χ3v) is 5.00. The molecule has 1 heterocycles. The van der Waals surface area contributed by atoms with Crippen molar-refractivity contribution in [2.24, 2.45) is 5.41 Å². The van der Waals surface area contributed by atoms with Crippen molar-refractivity contribution in [2.75, 3.05) is 0 Å².